The van der Waals surface area contributed by atoms with E-state index < -0.39 is 16.0 Å². The Balaban J connectivity index is 0.00000144. The van der Waals surface area contributed by atoms with Crippen LogP contribution in [0.3, 0.4) is 0 Å². The van der Waals surface area contributed by atoms with Gasteiger partial charge in [-0.05, 0) is 6.07 Å². The van der Waals surface area contributed by atoms with Crippen LogP contribution in [0.25, 0.3) is 0 Å². The zero-order chi connectivity index (χ0) is 9.14. The molecular formula is C6H5NNaO4S+. The van der Waals surface area contributed by atoms with Crippen molar-refractivity contribution in [2.24, 2.45) is 0 Å². The first kappa shape index (κ1) is 12.7. The molecule has 0 saturated heterocycles. The summed E-state index contributed by atoms with van der Waals surface area (Å²) in [6.07, 6.45) is 0. The molecule has 0 amide bonds. The topological polar surface area (TPSA) is 80.4 Å². The molecule has 0 saturated carbocycles. The average Bonchev–Trinajstić information content (AvgIpc) is 2.04. The molecule has 7 heteroatoms. The van der Waals surface area contributed by atoms with Crippen LogP contribution in [-0.2, 0) is 11.1 Å². The van der Waals surface area contributed by atoms with Crippen LogP contribution in [0.4, 0.5) is 5.69 Å². The third-order valence-electron chi connectivity index (χ3n) is 1.25. The van der Waals surface area contributed by atoms with Crippen LogP contribution in [0, 0.1) is 10.1 Å². The van der Waals surface area contributed by atoms with Gasteiger partial charge in [-0.1, -0.05) is 12.1 Å². The molecule has 1 rings (SSSR count). The fourth-order valence-corrected chi connectivity index (χ4v) is 1.27. The molecule has 1 aromatic rings. The Morgan fingerprint density at radius 2 is 1.92 bits per heavy atom. The van der Waals surface area contributed by atoms with Gasteiger partial charge < -0.3 is 4.55 Å². The van der Waals surface area contributed by atoms with Gasteiger partial charge in [-0.2, -0.15) is 0 Å². The van der Waals surface area contributed by atoms with Crippen molar-refractivity contribution in [3.63, 3.8) is 0 Å². The van der Waals surface area contributed by atoms with Crippen LogP contribution in [0.1, 0.15) is 0 Å². The normalized spacial score (nSPS) is 11.5. The molecular weight excluding hydrogens is 205 g/mol. The number of para-hydroxylation sites is 1. The van der Waals surface area contributed by atoms with E-state index in [0.29, 0.717) is 0 Å². The predicted octanol–water partition coefficient (Wildman–Crippen LogP) is -1.82. The van der Waals surface area contributed by atoms with Crippen molar-refractivity contribution in [1.82, 2.24) is 0 Å². The van der Waals surface area contributed by atoms with Crippen molar-refractivity contribution in [2.75, 3.05) is 0 Å². The van der Waals surface area contributed by atoms with Gasteiger partial charge in [0.2, 0.25) is 0 Å². The van der Waals surface area contributed by atoms with E-state index in [1.54, 1.807) is 0 Å². The van der Waals surface area contributed by atoms with Gasteiger partial charge in [0.15, 0.2) is 11.1 Å². The molecule has 13 heavy (non-hydrogen) atoms. The summed E-state index contributed by atoms with van der Waals surface area (Å²) in [6, 6.07) is 5.34. The number of nitro groups is 1. The number of nitro benzene ring substituents is 1. The molecule has 1 atom stereocenters. The number of rotatable bonds is 2. The third-order valence-corrected chi connectivity index (χ3v) is 1.97. The molecule has 0 aliphatic heterocycles. The summed E-state index contributed by atoms with van der Waals surface area (Å²) in [5.41, 5.74) is -0.335. The Morgan fingerprint density at radius 1 is 1.38 bits per heavy atom. The second kappa shape index (κ2) is 5.46. The van der Waals surface area contributed by atoms with Crippen molar-refractivity contribution in [1.29, 1.82) is 0 Å². The van der Waals surface area contributed by atoms with Gasteiger partial charge in [-0.25, -0.2) is 4.21 Å². The average molecular weight is 210 g/mol. The van der Waals surface area contributed by atoms with Crippen molar-refractivity contribution >= 4 is 16.8 Å². The Kier molecular flexibility index (Phi) is 5.34. The molecule has 0 heterocycles. The van der Waals surface area contributed by atoms with Gasteiger partial charge in [-0.3, -0.25) is 10.1 Å². The van der Waals surface area contributed by atoms with Gasteiger partial charge in [0.25, 0.3) is 5.69 Å². The Bertz CT molecular complexity index is 310. The van der Waals surface area contributed by atoms with Crippen LogP contribution in [-0.4, -0.2) is 13.7 Å². The van der Waals surface area contributed by atoms with Gasteiger partial charge in [0.05, 0.1) is 4.92 Å². The summed E-state index contributed by atoms with van der Waals surface area (Å²) < 4.78 is 19.2. The smallest absolute Gasteiger partial charge is 0.302 e. The molecule has 0 fully saturated rings. The van der Waals surface area contributed by atoms with Crippen LogP contribution in [0.15, 0.2) is 29.2 Å². The van der Waals surface area contributed by atoms with E-state index >= 15 is 0 Å². The first-order valence-corrected chi connectivity index (χ1v) is 4.08. The van der Waals surface area contributed by atoms with E-state index in [1.165, 1.54) is 24.3 Å². The van der Waals surface area contributed by atoms with E-state index in [2.05, 4.69) is 0 Å². The minimum Gasteiger partial charge on any atom is -0.302 e. The number of hydrogen-bond donors (Lipinski definition) is 1. The zero-order valence-corrected chi connectivity index (χ0v) is 9.65. The van der Waals surface area contributed by atoms with Gasteiger partial charge in [0, 0.05) is 6.07 Å². The second-order valence-electron chi connectivity index (χ2n) is 1.97. The molecule has 5 nitrogen and oxygen atoms in total. The zero-order valence-electron chi connectivity index (χ0n) is 6.84. The predicted molar refractivity (Wildman–Crippen MR) is 42.1 cm³/mol. The molecule has 0 bridgehead atoms. The minimum absolute atomic E-state index is 0. The SMILES string of the molecule is O=[N+]([O-])c1ccccc1S(=O)O.[Na+]. The first-order chi connectivity index (χ1) is 5.63. The standard InChI is InChI=1S/C6H5NO4S.Na/c8-7(9)5-3-1-2-4-6(5)12(10)11;/h1-4H,(H,10,11);/q;+1. The molecule has 1 aromatic carbocycles. The number of benzene rings is 1. The molecule has 0 radical (unpaired) electrons. The van der Waals surface area contributed by atoms with Gasteiger partial charge in [-0.15, -0.1) is 0 Å². The van der Waals surface area contributed by atoms with E-state index in [-0.39, 0.29) is 40.1 Å². The van der Waals surface area contributed by atoms with E-state index in [4.69, 9.17) is 4.55 Å². The van der Waals surface area contributed by atoms with Gasteiger partial charge in [0.1, 0.15) is 4.90 Å². The summed E-state index contributed by atoms with van der Waals surface area (Å²) >= 11 is -2.30. The van der Waals surface area contributed by atoms with Crippen molar-refractivity contribution in [3.05, 3.63) is 34.4 Å². The molecule has 0 aromatic heterocycles. The summed E-state index contributed by atoms with van der Waals surface area (Å²) in [6.45, 7) is 0. The molecule has 1 N–H and O–H groups in total. The fourth-order valence-electron chi connectivity index (χ4n) is 0.756. The maximum atomic E-state index is 10.5. The molecule has 64 valence electrons. The molecule has 0 spiro atoms. The molecule has 0 aliphatic carbocycles. The van der Waals surface area contributed by atoms with Crippen LogP contribution >= 0.6 is 0 Å². The maximum Gasteiger partial charge on any atom is 1.00 e. The Hall–Kier alpha value is -0.270. The van der Waals surface area contributed by atoms with Crippen LogP contribution in [0.5, 0.6) is 0 Å². The summed E-state index contributed by atoms with van der Waals surface area (Å²) in [5.74, 6) is 0. The Labute approximate surface area is 98.9 Å². The quantitative estimate of drug-likeness (QED) is 0.270. The van der Waals surface area contributed by atoms with E-state index in [1.807, 2.05) is 0 Å². The van der Waals surface area contributed by atoms with E-state index in [9.17, 15) is 14.3 Å². The number of hydrogen-bond acceptors (Lipinski definition) is 3. The van der Waals surface area contributed by atoms with Crippen molar-refractivity contribution < 1.29 is 43.2 Å². The fraction of sp³-hybridized carbons (Fsp3) is 0. The Morgan fingerprint density at radius 3 is 2.31 bits per heavy atom. The molecule has 1 unspecified atom stereocenters. The first-order valence-electron chi connectivity index (χ1n) is 2.97. The van der Waals surface area contributed by atoms with Gasteiger partial charge >= 0.3 is 29.6 Å². The minimum atomic E-state index is -2.30. The largest absolute Gasteiger partial charge is 1.00 e. The second-order valence-corrected chi connectivity index (χ2v) is 2.91. The third kappa shape index (κ3) is 3.17. The molecule has 0 aliphatic rings. The van der Waals surface area contributed by atoms with Crippen LogP contribution < -0.4 is 29.6 Å². The summed E-state index contributed by atoms with van der Waals surface area (Å²) in [7, 11) is 0. The maximum absolute atomic E-state index is 10.5. The van der Waals surface area contributed by atoms with Crippen molar-refractivity contribution in [3.8, 4) is 0 Å². The van der Waals surface area contributed by atoms with Crippen molar-refractivity contribution in [2.45, 2.75) is 4.90 Å². The van der Waals surface area contributed by atoms with E-state index in [0.717, 1.165) is 0 Å². The summed E-state index contributed by atoms with van der Waals surface area (Å²) in [5, 5.41) is 10.3. The van der Waals surface area contributed by atoms with Crippen LogP contribution in [0.2, 0.25) is 0 Å². The monoisotopic (exact) mass is 210 g/mol. The summed E-state index contributed by atoms with van der Waals surface area (Å²) in [4.78, 5) is 9.42. The number of nitrogens with zero attached hydrogens (tertiary/aromatic N) is 1.